The number of rotatable bonds is 4. The molecule has 3 rings (SSSR count). The third-order valence-electron chi connectivity index (χ3n) is 4.20. The van der Waals surface area contributed by atoms with Crippen LogP contribution in [-0.4, -0.2) is 20.9 Å². The molecule has 5 nitrogen and oxygen atoms in total. The topological polar surface area (TPSA) is 66.5 Å². The van der Waals surface area contributed by atoms with Crippen molar-refractivity contribution in [1.82, 2.24) is 0 Å². The van der Waals surface area contributed by atoms with Gasteiger partial charge in [0.2, 0.25) is 5.91 Å². The van der Waals surface area contributed by atoms with Gasteiger partial charge in [-0.2, -0.15) is 0 Å². The Bertz CT molecular complexity index is 941. The van der Waals surface area contributed by atoms with Crippen LogP contribution in [0.3, 0.4) is 0 Å². The van der Waals surface area contributed by atoms with Crippen molar-refractivity contribution >= 4 is 38.9 Å². The highest BCUT2D eigenvalue weighted by atomic mass is 35.5. The van der Waals surface area contributed by atoms with E-state index in [-0.39, 0.29) is 10.8 Å². The lowest BCUT2D eigenvalue weighted by Crippen LogP contribution is -2.24. The Morgan fingerprint density at radius 2 is 1.88 bits per heavy atom. The third kappa shape index (κ3) is 3.65. The molecule has 0 aliphatic carbocycles. The van der Waals surface area contributed by atoms with Gasteiger partial charge in [-0.05, 0) is 55.7 Å². The molecule has 2 aromatic carbocycles. The van der Waals surface area contributed by atoms with E-state index in [0.717, 1.165) is 12.0 Å². The molecular formula is C18H19ClN2O3S. The third-order valence-corrected chi connectivity index (χ3v) is 6.02. The lowest BCUT2D eigenvalue weighted by molar-refractivity contribution is -0.117. The minimum Gasteiger partial charge on any atom is -0.311 e. The van der Waals surface area contributed by atoms with Crippen molar-refractivity contribution in [2.75, 3.05) is 16.2 Å². The van der Waals surface area contributed by atoms with E-state index in [4.69, 9.17) is 11.6 Å². The summed E-state index contributed by atoms with van der Waals surface area (Å²) in [5.74, 6) is 0.0330. The number of hydrogen-bond donors (Lipinski definition) is 1. The molecule has 132 valence electrons. The second-order valence-corrected chi connectivity index (χ2v) is 8.25. The van der Waals surface area contributed by atoms with Crippen LogP contribution < -0.4 is 9.62 Å². The molecule has 1 N–H and O–H groups in total. The van der Waals surface area contributed by atoms with E-state index >= 15 is 0 Å². The van der Waals surface area contributed by atoms with Crippen molar-refractivity contribution in [2.24, 2.45) is 0 Å². The number of hydrogen-bond acceptors (Lipinski definition) is 3. The van der Waals surface area contributed by atoms with E-state index in [2.05, 4.69) is 4.72 Å². The molecule has 1 aliphatic rings. The molecule has 1 fully saturated rings. The standard InChI is InChI=1S/C18H19ClN2O3S/c1-12-5-6-13(2)17(10-12)25(23,24)20-14-7-8-16(15(19)11-14)21-9-3-4-18(21)22/h5-8,10-11,20H,3-4,9H2,1-2H3. The van der Waals surface area contributed by atoms with E-state index < -0.39 is 10.0 Å². The number of anilines is 2. The summed E-state index contributed by atoms with van der Waals surface area (Å²) in [6, 6.07) is 10.1. The van der Waals surface area contributed by atoms with Crippen LogP contribution in [0.25, 0.3) is 0 Å². The predicted molar refractivity (Wildman–Crippen MR) is 99.8 cm³/mol. The monoisotopic (exact) mass is 378 g/mol. The average molecular weight is 379 g/mol. The minimum absolute atomic E-state index is 0.0330. The van der Waals surface area contributed by atoms with Crippen LogP contribution in [0.4, 0.5) is 11.4 Å². The number of benzene rings is 2. The van der Waals surface area contributed by atoms with Crippen LogP contribution >= 0.6 is 11.6 Å². The molecule has 1 amide bonds. The molecule has 0 unspecified atom stereocenters. The Morgan fingerprint density at radius 1 is 1.12 bits per heavy atom. The van der Waals surface area contributed by atoms with Crippen LogP contribution in [0.15, 0.2) is 41.3 Å². The van der Waals surface area contributed by atoms with Gasteiger partial charge in [-0.3, -0.25) is 9.52 Å². The van der Waals surface area contributed by atoms with Crippen molar-refractivity contribution < 1.29 is 13.2 Å². The van der Waals surface area contributed by atoms with Gasteiger partial charge in [0.1, 0.15) is 0 Å². The lowest BCUT2D eigenvalue weighted by Gasteiger charge is -2.18. The molecule has 1 heterocycles. The SMILES string of the molecule is Cc1ccc(C)c(S(=O)(=O)Nc2ccc(N3CCCC3=O)c(Cl)c2)c1. The number of nitrogens with zero attached hydrogens (tertiary/aromatic N) is 1. The van der Waals surface area contributed by atoms with Crippen LogP contribution in [0.5, 0.6) is 0 Å². The van der Waals surface area contributed by atoms with Gasteiger partial charge in [0.25, 0.3) is 10.0 Å². The zero-order chi connectivity index (χ0) is 18.2. The largest absolute Gasteiger partial charge is 0.311 e. The molecule has 0 saturated carbocycles. The Kier molecular flexibility index (Phi) is 4.75. The van der Waals surface area contributed by atoms with Crippen LogP contribution in [-0.2, 0) is 14.8 Å². The molecule has 7 heteroatoms. The summed E-state index contributed by atoms with van der Waals surface area (Å²) in [6.45, 7) is 4.23. The predicted octanol–water partition coefficient (Wildman–Crippen LogP) is 3.88. The number of amides is 1. The molecule has 2 aromatic rings. The smallest absolute Gasteiger partial charge is 0.262 e. The first-order chi connectivity index (χ1) is 11.8. The Hall–Kier alpha value is -2.05. The van der Waals surface area contributed by atoms with Crippen molar-refractivity contribution in [3.63, 3.8) is 0 Å². The molecule has 1 saturated heterocycles. The lowest BCUT2D eigenvalue weighted by atomic mass is 10.2. The van der Waals surface area contributed by atoms with Gasteiger partial charge in [-0.25, -0.2) is 8.42 Å². The zero-order valence-electron chi connectivity index (χ0n) is 14.0. The molecule has 25 heavy (non-hydrogen) atoms. The zero-order valence-corrected chi connectivity index (χ0v) is 15.6. The van der Waals surface area contributed by atoms with Crippen molar-refractivity contribution in [1.29, 1.82) is 0 Å². The second-order valence-electron chi connectivity index (χ2n) is 6.19. The second kappa shape index (κ2) is 6.69. The molecule has 0 atom stereocenters. The fourth-order valence-corrected chi connectivity index (χ4v) is 4.56. The molecule has 1 aliphatic heterocycles. The molecule has 0 aromatic heterocycles. The number of aryl methyl sites for hydroxylation is 2. The highest BCUT2D eigenvalue weighted by Gasteiger charge is 2.24. The number of carbonyl (C=O) groups is 1. The average Bonchev–Trinajstić information content (AvgIpc) is 2.95. The van der Waals surface area contributed by atoms with Gasteiger partial charge < -0.3 is 4.90 Å². The molecule has 0 bridgehead atoms. The van der Waals surface area contributed by atoms with Crippen LogP contribution in [0.2, 0.25) is 5.02 Å². The Labute approximate surface area is 152 Å². The maximum atomic E-state index is 12.7. The highest BCUT2D eigenvalue weighted by molar-refractivity contribution is 7.92. The summed E-state index contributed by atoms with van der Waals surface area (Å²) in [7, 11) is -3.72. The first-order valence-corrected chi connectivity index (χ1v) is 9.84. The molecule has 0 spiro atoms. The van der Waals surface area contributed by atoms with Crippen molar-refractivity contribution in [3.8, 4) is 0 Å². The number of halogens is 1. The fourth-order valence-electron chi connectivity index (χ4n) is 2.90. The van der Waals surface area contributed by atoms with Crippen molar-refractivity contribution in [2.45, 2.75) is 31.6 Å². The van der Waals surface area contributed by atoms with E-state index in [1.165, 1.54) is 6.07 Å². The van der Waals surface area contributed by atoms with Gasteiger partial charge >= 0.3 is 0 Å². The summed E-state index contributed by atoms with van der Waals surface area (Å²) >= 11 is 6.28. The summed E-state index contributed by atoms with van der Waals surface area (Å²) < 4.78 is 27.9. The van der Waals surface area contributed by atoms with Gasteiger partial charge in [0.15, 0.2) is 0 Å². The van der Waals surface area contributed by atoms with Crippen LogP contribution in [0.1, 0.15) is 24.0 Å². The summed E-state index contributed by atoms with van der Waals surface area (Å²) in [6.07, 6.45) is 1.31. The van der Waals surface area contributed by atoms with Gasteiger partial charge in [0, 0.05) is 13.0 Å². The van der Waals surface area contributed by atoms with E-state index in [0.29, 0.717) is 34.9 Å². The maximum absolute atomic E-state index is 12.7. The van der Waals surface area contributed by atoms with E-state index in [9.17, 15) is 13.2 Å². The quantitative estimate of drug-likeness (QED) is 0.877. The molecular weight excluding hydrogens is 360 g/mol. The van der Waals surface area contributed by atoms with E-state index in [1.54, 1.807) is 36.1 Å². The van der Waals surface area contributed by atoms with Gasteiger partial charge in [-0.1, -0.05) is 23.7 Å². The first-order valence-electron chi connectivity index (χ1n) is 7.98. The van der Waals surface area contributed by atoms with Crippen LogP contribution in [0, 0.1) is 13.8 Å². The maximum Gasteiger partial charge on any atom is 0.262 e. The van der Waals surface area contributed by atoms with Crippen molar-refractivity contribution in [3.05, 3.63) is 52.5 Å². The molecule has 0 radical (unpaired) electrons. The summed E-state index contributed by atoms with van der Waals surface area (Å²) in [5.41, 5.74) is 2.51. The Morgan fingerprint density at radius 3 is 2.52 bits per heavy atom. The number of carbonyl (C=O) groups excluding carboxylic acids is 1. The first kappa shape index (κ1) is 17.8. The Balaban J connectivity index is 1.89. The van der Waals surface area contributed by atoms with E-state index in [1.807, 2.05) is 13.0 Å². The summed E-state index contributed by atoms with van der Waals surface area (Å²) in [4.78, 5) is 13.7. The normalized spacial score (nSPS) is 14.8. The number of nitrogens with one attached hydrogen (secondary N) is 1. The van der Waals surface area contributed by atoms with Gasteiger partial charge in [0.05, 0.1) is 21.3 Å². The number of sulfonamides is 1. The summed E-state index contributed by atoms with van der Waals surface area (Å²) in [5, 5.41) is 0.344. The minimum atomic E-state index is -3.72. The van der Waals surface area contributed by atoms with Gasteiger partial charge in [-0.15, -0.1) is 0 Å². The fraction of sp³-hybridized carbons (Fsp3) is 0.278. The highest BCUT2D eigenvalue weighted by Crippen LogP contribution is 2.32.